The fourth-order valence-corrected chi connectivity index (χ4v) is 3.52. The van der Waals surface area contributed by atoms with Crippen molar-refractivity contribution >= 4 is 11.8 Å². The van der Waals surface area contributed by atoms with Crippen LogP contribution >= 0.6 is 0 Å². The van der Waals surface area contributed by atoms with Gasteiger partial charge in [0, 0.05) is 6.54 Å². The smallest absolute Gasteiger partial charge is 0.246 e. The van der Waals surface area contributed by atoms with Gasteiger partial charge in [-0.3, -0.25) is 9.59 Å². The van der Waals surface area contributed by atoms with Crippen molar-refractivity contribution in [2.24, 2.45) is 5.92 Å². The number of rotatable bonds is 5. The zero-order chi connectivity index (χ0) is 14.8. The minimum atomic E-state index is -0.537. The molecule has 1 aliphatic carbocycles. The zero-order valence-corrected chi connectivity index (χ0v) is 13.1. The van der Waals surface area contributed by atoms with Gasteiger partial charge in [0.25, 0.3) is 0 Å². The fraction of sp³-hybridized carbons (Fsp3) is 0.875. The van der Waals surface area contributed by atoms with Gasteiger partial charge in [-0.2, -0.15) is 0 Å². The lowest BCUT2D eigenvalue weighted by Gasteiger charge is -2.47. The van der Waals surface area contributed by atoms with Crippen molar-refractivity contribution in [2.75, 3.05) is 6.54 Å². The van der Waals surface area contributed by atoms with Gasteiger partial charge in [-0.05, 0) is 25.2 Å². The van der Waals surface area contributed by atoms with Crippen LogP contribution in [0.1, 0.15) is 65.7 Å². The van der Waals surface area contributed by atoms with E-state index in [4.69, 9.17) is 0 Å². The van der Waals surface area contributed by atoms with Crippen molar-refractivity contribution < 1.29 is 9.59 Å². The largest absolute Gasteiger partial charge is 0.342 e. The first kappa shape index (κ1) is 15.3. The van der Waals surface area contributed by atoms with E-state index in [9.17, 15) is 9.59 Å². The Labute approximate surface area is 122 Å². The zero-order valence-electron chi connectivity index (χ0n) is 13.1. The van der Waals surface area contributed by atoms with Gasteiger partial charge in [-0.15, -0.1) is 0 Å². The molecule has 114 valence electrons. The first-order valence-corrected chi connectivity index (χ1v) is 8.17. The summed E-state index contributed by atoms with van der Waals surface area (Å²) < 4.78 is 0. The maximum atomic E-state index is 12.8. The highest BCUT2D eigenvalue weighted by Crippen LogP contribution is 2.39. The van der Waals surface area contributed by atoms with Crippen molar-refractivity contribution in [3.8, 4) is 0 Å². The summed E-state index contributed by atoms with van der Waals surface area (Å²) in [6.45, 7) is 7.09. The Bertz CT molecular complexity index is 375. The van der Waals surface area contributed by atoms with E-state index in [1.807, 2.05) is 4.90 Å². The second-order valence-corrected chi connectivity index (χ2v) is 6.52. The molecular weight excluding hydrogens is 252 g/mol. The fourth-order valence-electron chi connectivity index (χ4n) is 3.52. The lowest BCUT2D eigenvalue weighted by atomic mass is 9.87. The number of hydrogen-bond donors (Lipinski definition) is 1. The molecule has 1 spiro atoms. The Hall–Kier alpha value is -1.06. The van der Waals surface area contributed by atoms with Crippen molar-refractivity contribution in [1.82, 2.24) is 10.2 Å². The predicted molar refractivity (Wildman–Crippen MR) is 79.2 cm³/mol. The molecule has 1 saturated carbocycles. The quantitative estimate of drug-likeness (QED) is 0.841. The minimum Gasteiger partial charge on any atom is -0.342 e. The monoisotopic (exact) mass is 280 g/mol. The van der Waals surface area contributed by atoms with Crippen LogP contribution in [0.2, 0.25) is 0 Å². The summed E-state index contributed by atoms with van der Waals surface area (Å²) in [6.07, 6.45) is 6.48. The SMILES string of the molecule is CCCC1NC(=O)C2(CCCC2)N(CC(C)CC)C1=O. The van der Waals surface area contributed by atoms with E-state index in [2.05, 4.69) is 26.1 Å². The van der Waals surface area contributed by atoms with E-state index < -0.39 is 5.54 Å². The van der Waals surface area contributed by atoms with Gasteiger partial charge in [0.05, 0.1) is 0 Å². The van der Waals surface area contributed by atoms with E-state index in [-0.39, 0.29) is 17.9 Å². The van der Waals surface area contributed by atoms with E-state index in [0.29, 0.717) is 5.92 Å². The molecule has 1 N–H and O–H groups in total. The van der Waals surface area contributed by atoms with Crippen LogP contribution in [0.25, 0.3) is 0 Å². The number of nitrogens with zero attached hydrogens (tertiary/aromatic N) is 1. The van der Waals surface area contributed by atoms with Crippen molar-refractivity contribution in [2.45, 2.75) is 77.3 Å². The lowest BCUT2D eigenvalue weighted by Crippen LogP contribution is -2.70. The summed E-state index contributed by atoms with van der Waals surface area (Å²) in [5, 5.41) is 2.99. The second-order valence-electron chi connectivity index (χ2n) is 6.52. The van der Waals surface area contributed by atoms with Gasteiger partial charge >= 0.3 is 0 Å². The van der Waals surface area contributed by atoms with E-state index in [0.717, 1.165) is 51.5 Å². The van der Waals surface area contributed by atoms with Gasteiger partial charge in [0.1, 0.15) is 11.6 Å². The lowest BCUT2D eigenvalue weighted by molar-refractivity contribution is -0.158. The van der Waals surface area contributed by atoms with E-state index >= 15 is 0 Å². The van der Waals surface area contributed by atoms with Crippen molar-refractivity contribution in [1.29, 1.82) is 0 Å². The third-order valence-corrected chi connectivity index (χ3v) is 5.01. The molecule has 20 heavy (non-hydrogen) atoms. The summed E-state index contributed by atoms with van der Waals surface area (Å²) in [5.41, 5.74) is -0.537. The molecule has 2 rings (SSSR count). The summed E-state index contributed by atoms with van der Waals surface area (Å²) in [6, 6.07) is -0.303. The van der Waals surface area contributed by atoms with Gasteiger partial charge in [-0.25, -0.2) is 0 Å². The Balaban J connectivity index is 2.26. The minimum absolute atomic E-state index is 0.0938. The van der Waals surface area contributed by atoms with Crippen LogP contribution in [-0.2, 0) is 9.59 Å². The maximum absolute atomic E-state index is 12.8. The second kappa shape index (κ2) is 6.15. The van der Waals surface area contributed by atoms with E-state index in [1.165, 1.54) is 0 Å². The first-order valence-electron chi connectivity index (χ1n) is 8.17. The number of carbonyl (C=O) groups excluding carboxylic acids is 2. The molecule has 2 unspecified atom stereocenters. The standard InChI is InChI=1S/C16H28N2O2/c1-4-8-13-14(19)18(11-12(3)5-2)16(15(20)17-13)9-6-7-10-16/h12-13H,4-11H2,1-3H3,(H,17,20). The van der Waals surface area contributed by atoms with Crippen LogP contribution in [0, 0.1) is 5.92 Å². The summed E-state index contributed by atoms with van der Waals surface area (Å²) in [4.78, 5) is 27.3. The number of nitrogens with one attached hydrogen (secondary N) is 1. The Morgan fingerprint density at radius 1 is 1.30 bits per heavy atom. The number of amides is 2. The summed E-state index contributed by atoms with van der Waals surface area (Å²) >= 11 is 0. The normalized spacial score (nSPS) is 26.9. The highest BCUT2D eigenvalue weighted by atomic mass is 16.2. The predicted octanol–water partition coefficient (Wildman–Crippen LogP) is 2.47. The average molecular weight is 280 g/mol. The topological polar surface area (TPSA) is 49.4 Å². The highest BCUT2D eigenvalue weighted by molar-refractivity contribution is 6.00. The molecule has 2 aliphatic rings. The molecule has 1 saturated heterocycles. The summed E-state index contributed by atoms with van der Waals surface area (Å²) in [7, 11) is 0. The molecule has 0 aromatic rings. The molecule has 2 atom stereocenters. The van der Waals surface area contributed by atoms with Crippen LogP contribution in [0.15, 0.2) is 0 Å². The number of carbonyl (C=O) groups is 2. The molecule has 1 aliphatic heterocycles. The van der Waals surface area contributed by atoms with Crippen molar-refractivity contribution in [3.05, 3.63) is 0 Å². The molecule has 0 radical (unpaired) electrons. The maximum Gasteiger partial charge on any atom is 0.246 e. The van der Waals surface area contributed by atoms with Crippen molar-refractivity contribution in [3.63, 3.8) is 0 Å². The summed E-state index contributed by atoms with van der Waals surface area (Å²) in [5.74, 6) is 0.689. The van der Waals surface area contributed by atoms with Gasteiger partial charge < -0.3 is 10.2 Å². The van der Waals surface area contributed by atoms with Gasteiger partial charge in [0.2, 0.25) is 11.8 Å². The van der Waals surface area contributed by atoms with Crippen LogP contribution in [0.4, 0.5) is 0 Å². The molecule has 4 nitrogen and oxygen atoms in total. The Morgan fingerprint density at radius 2 is 1.95 bits per heavy atom. The third kappa shape index (κ3) is 2.57. The molecule has 0 aromatic heterocycles. The molecule has 2 fully saturated rings. The van der Waals surface area contributed by atoms with Gasteiger partial charge in [0.15, 0.2) is 0 Å². The highest BCUT2D eigenvalue weighted by Gasteiger charge is 2.53. The first-order chi connectivity index (χ1) is 9.55. The molecule has 1 heterocycles. The Morgan fingerprint density at radius 3 is 2.50 bits per heavy atom. The van der Waals surface area contributed by atoms with E-state index in [1.54, 1.807) is 0 Å². The third-order valence-electron chi connectivity index (χ3n) is 5.01. The molecule has 2 amide bonds. The molecule has 0 bridgehead atoms. The van der Waals surface area contributed by atoms with Crippen LogP contribution < -0.4 is 5.32 Å². The van der Waals surface area contributed by atoms with Crippen LogP contribution in [0.5, 0.6) is 0 Å². The van der Waals surface area contributed by atoms with Gasteiger partial charge in [-0.1, -0.05) is 46.5 Å². The number of hydrogen-bond acceptors (Lipinski definition) is 2. The molecular formula is C16H28N2O2. The Kier molecular flexibility index (Phi) is 4.71. The molecule has 4 heteroatoms. The van der Waals surface area contributed by atoms with Crippen LogP contribution in [0.3, 0.4) is 0 Å². The molecule has 0 aromatic carbocycles. The van der Waals surface area contributed by atoms with Crippen LogP contribution in [-0.4, -0.2) is 34.8 Å². The number of piperazine rings is 1. The average Bonchev–Trinajstić information content (AvgIpc) is 2.92.